The maximum atomic E-state index is 13.8. The van der Waals surface area contributed by atoms with Crippen molar-refractivity contribution in [3.8, 4) is 11.5 Å². The molecule has 0 bridgehead atoms. The first-order valence-electron chi connectivity index (χ1n) is 14.3. The molecule has 2 heterocycles. The van der Waals surface area contributed by atoms with Crippen molar-refractivity contribution in [3.05, 3.63) is 120 Å². The van der Waals surface area contributed by atoms with Crippen molar-refractivity contribution in [3.63, 3.8) is 0 Å². The molecule has 226 valence electrons. The highest BCUT2D eigenvalue weighted by Crippen LogP contribution is 2.31. The molecule has 1 aliphatic heterocycles. The number of carbonyl (C=O) groups is 2. The number of thiazole rings is 1. The van der Waals surface area contributed by atoms with Crippen LogP contribution in [-0.4, -0.2) is 36.3 Å². The number of hydrogen-bond acceptors (Lipinski definition) is 8. The molecule has 4 aromatic rings. The maximum absolute atomic E-state index is 13.8. The van der Waals surface area contributed by atoms with Gasteiger partial charge in [-0.2, -0.15) is 0 Å². The summed E-state index contributed by atoms with van der Waals surface area (Å²) in [5.74, 6) is 0.444. The molecule has 0 fully saturated rings. The van der Waals surface area contributed by atoms with Crippen LogP contribution in [-0.2, 0) is 14.3 Å². The number of anilines is 1. The third-order valence-electron chi connectivity index (χ3n) is 6.87. The molecule has 9 nitrogen and oxygen atoms in total. The quantitative estimate of drug-likeness (QED) is 0.264. The highest BCUT2D eigenvalue weighted by Gasteiger charge is 2.33. The first-order chi connectivity index (χ1) is 21.3. The SMILES string of the molecule is CCOC(=O)C1=C(C)N=c2s/c(=C\c3ccc(OCC(=O)Nc4cccc(C)c4)cc3)c(=O)n2[C@H]1c1ccc(OCC)cc1. The van der Waals surface area contributed by atoms with E-state index in [1.54, 1.807) is 36.6 Å². The molecule has 0 unspecified atom stereocenters. The summed E-state index contributed by atoms with van der Waals surface area (Å²) < 4.78 is 18.6. The number of carbonyl (C=O) groups excluding carboxylic acids is 2. The van der Waals surface area contributed by atoms with Crippen molar-refractivity contribution in [2.45, 2.75) is 33.7 Å². The van der Waals surface area contributed by atoms with Crippen LogP contribution >= 0.6 is 11.3 Å². The molecule has 0 saturated carbocycles. The summed E-state index contributed by atoms with van der Waals surface area (Å²) in [6.07, 6.45) is 1.77. The number of hydrogen-bond donors (Lipinski definition) is 1. The molecular formula is C34H33N3O6S. The standard InChI is InChI=1S/C34H33N3O6S/c1-5-41-26-16-12-24(13-17-26)31-30(33(40)42-6-2)22(4)35-34-37(31)32(39)28(44-34)19-23-10-14-27(15-11-23)43-20-29(38)36-25-9-7-8-21(3)18-25/h7-19,31H,5-6,20H2,1-4H3,(H,36,38)/b28-19-/t31-/m0/s1. The second kappa shape index (κ2) is 13.6. The molecule has 0 radical (unpaired) electrons. The summed E-state index contributed by atoms with van der Waals surface area (Å²) in [5, 5.41) is 2.82. The topological polar surface area (TPSA) is 108 Å². The number of rotatable bonds is 10. The Hall–Kier alpha value is -4.96. The van der Waals surface area contributed by atoms with Gasteiger partial charge < -0.3 is 19.5 Å². The fourth-order valence-electron chi connectivity index (χ4n) is 4.90. The summed E-state index contributed by atoms with van der Waals surface area (Å²) >= 11 is 1.25. The first kappa shape index (κ1) is 30.5. The van der Waals surface area contributed by atoms with E-state index in [4.69, 9.17) is 14.2 Å². The number of benzene rings is 3. The van der Waals surface area contributed by atoms with Crippen molar-refractivity contribution in [1.82, 2.24) is 4.57 Å². The third-order valence-corrected chi connectivity index (χ3v) is 7.86. The van der Waals surface area contributed by atoms with E-state index in [-0.39, 0.29) is 24.7 Å². The normalized spacial score (nSPS) is 14.5. The lowest BCUT2D eigenvalue weighted by Crippen LogP contribution is -2.39. The fraction of sp³-hybridized carbons (Fsp3) is 0.235. The molecule has 1 atom stereocenters. The van der Waals surface area contributed by atoms with Crippen LogP contribution in [0, 0.1) is 6.92 Å². The highest BCUT2D eigenvalue weighted by atomic mass is 32.1. The summed E-state index contributed by atoms with van der Waals surface area (Å²) in [7, 11) is 0. The van der Waals surface area contributed by atoms with Crippen LogP contribution in [0.3, 0.4) is 0 Å². The zero-order valence-electron chi connectivity index (χ0n) is 25.0. The van der Waals surface area contributed by atoms with E-state index < -0.39 is 12.0 Å². The van der Waals surface area contributed by atoms with Gasteiger partial charge in [0.25, 0.3) is 11.5 Å². The smallest absolute Gasteiger partial charge is 0.338 e. The van der Waals surface area contributed by atoms with Crippen molar-refractivity contribution in [1.29, 1.82) is 0 Å². The largest absolute Gasteiger partial charge is 0.494 e. The van der Waals surface area contributed by atoms with Gasteiger partial charge in [-0.1, -0.05) is 47.7 Å². The van der Waals surface area contributed by atoms with E-state index in [2.05, 4.69) is 10.3 Å². The summed E-state index contributed by atoms with van der Waals surface area (Å²) in [6, 6.07) is 21.3. The second-order valence-corrected chi connectivity index (χ2v) is 11.1. The van der Waals surface area contributed by atoms with E-state index in [1.807, 2.05) is 74.5 Å². The summed E-state index contributed by atoms with van der Waals surface area (Å²) in [5.41, 5.74) is 3.83. The molecular weight excluding hydrogens is 578 g/mol. The molecule has 5 rings (SSSR count). The van der Waals surface area contributed by atoms with Crippen molar-refractivity contribution < 1.29 is 23.8 Å². The summed E-state index contributed by atoms with van der Waals surface area (Å²) in [6.45, 7) is 7.95. The maximum Gasteiger partial charge on any atom is 0.338 e. The molecule has 0 spiro atoms. The lowest BCUT2D eigenvalue weighted by molar-refractivity contribution is -0.139. The minimum atomic E-state index is -0.704. The van der Waals surface area contributed by atoms with Gasteiger partial charge in [0.1, 0.15) is 11.5 Å². The van der Waals surface area contributed by atoms with Gasteiger partial charge in [-0.15, -0.1) is 0 Å². The van der Waals surface area contributed by atoms with Crippen LogP contribution in [0.2, 0.25) is 0 Å². The molecule has 0 aliphatic carbocycles. The molecule has 3 aromatic carbocycles. The van der Waals surface area contributed by atoms with Crippen LogP contribution in [0.25, 0.3) is 6.08 Å². The van der Waals surface area contributed by atoms with Gasteiger partial charge in [0, 0.05) is 5.69 Å². The first-order valence-corrected chi connectivity index (χ1v) is 15.1. The number of esters is 1. The van der Waals surface area contributed by atoms with Gasteiger partial charge in [-0.3, -0.25) is 14.2 Å². The minimum absolute atomic E-state index is 0.139. The van der Waals surface area contributed by atoms with Gasteiger partial charge in [-0.05, 0) is 86.9 Å². The molecule has 1 aliphatic rings. The Labute approximate surface area is 258 Å². The number of ether oxygens (including phenoxy) is 3. The lowest BCUT2D eigenvalue weighted by Gasteiger charge is -2.24. The number of amides is 1. The Morgan fingerprint density at radius 3 is 2.34 bits per heavy atom. The number of aryl methyl sites for hydroxylation is 1. The highest BCUT2D eigenvalue weighted by molar-refractivity contribution is 7.07. The van der Waals surface area contributed by atoms with E-state index in [0.717, 1.165) is 16.7 Å². The van der Waals surface area contributed by atoms with Crippen molar-refractivity contribution in [2.24, 2.45) is 4.99 Å². The van der Waals surface area contributed by atoms with Crippen molar-refractivity contribution in [2.75, 3.05) is 25.1 Å². The minimum Gasteiger partial charge on any atom is -0.494 e. The Morgan fingerprint density at radius 2 is 1.66 bits per heavy atom. The van der Waals surface area contributed by atoms with Gasteiger partial charge in [0.15, 0.2) is 11.4 Å². The molecule has 44 heavy (non-hydrogen) atoms. The number of nitrogens with one attached hydrogen (secondary N) is 1. The van der Waals surface area contributed by atoms with Gasteiger partial charge in [0.05, 0.1) is 35.1 Å². The number of nitrogens with zero attached hydrogens (tertiary/aromatic N) is 2. The van der Waals surface area contributed by atoms with Crippen LogP contribution in [0.15, 0.2) is 93.9 Å². The molecule has 0 saturated heterocycles. The van der Waals surface area contributed by atoms with Gasteiger partial charge >= 0.3 is 5.97 Å². The average molecular weight is 612 g/mol. The van der Waals surface area contributed by atoms with Crippen LogP contribution in [0.4, 0.5) is 5.69 Å². The fourth-order valence-corrected chi connectivity index (χ4v) is 5.95. The second-order valence-electron chi connectivity index (χ2n) is 10.1. The van der Waals surface area contributed by atoms with Gasteiger partial charge in [0.2, 0.25) is 0 Å². The number of fused-ring (bicyclic) bond motifs is 1. The zero-order valence-corrected chi connectivity index (χ0v) is 25.8. The Morgan fingerprint density at radius 1 is 0.955 bits per heavy atom. The lowest BCUT2D eigenvalue weighted by atomic mass is 9.96. The predicted molar refractivity (Wildman–Crippen MR) is 170 cm³/mol. The summed E-state index contributed by atoms with van der Waals surface area (Å²) in [4.78, 5) is 44.4. The molecule has 1 amide bonds. The van der Waals surface area contributed by atoms with Crippen molar-refractivity contribution >= 4 is 35.0 Å². The molecule has 10 heteroatoms. The molecule has 1 aromatic heterocycles. The Kier molecular flexibility index (Phi) is 9.40. The zero-order chi connectivity index (χ0) is 31.2. The van der Waals surface area contributed by atoms with E-state index >= 15 is 0 Å². The van der Waals surface area contributed by atoms with Crippen LogP contribution < -0.4 is 29.7 Å². The van der Waals surface area contributed by atoms with Crippen LogP contribution in [0.1, 0.15) is 43.5 Å². The number of aromatic nitrogens is 1. The van der Waals surface area contributed by atoms with E-state index in [9.17, 15) is 14.4 Å². The monoisotopic (exact) mass is 611 g/mol. The number of allylic oxidation sites excluding steroid dienone is 1. The third kappa shape index (κ3) is 6.81. The Bertz CT molecular complexity index is 1890. The average Bonchev–Trinajstić information content (AvgIpc) is 3.30. The van der Waals surface area contributed by atoms with Crippen LogP contribution in [0.5, 0.6) is 11.5 Å². The van der Waals surface area contributed by atoms with Gasteiger partial charge in [-0.25, -0.2) is 9.79 Å². The van der Waals surface area contributed by atoms with E-state index in [1.165, 1.54) is 11.3 Å². The predicted octanol–water partition coefficient (Wildman–Crippen LogP) is 4.52. The molecule has 1 N–H and O–H groups in total. The Balaban J connectivity index is 1.40. The van der Waals surface area contributed by atoms with E-state index in [0.29, 0.717) is 44.4 Å².